The van der Waals surface area contributed by atoms with Gasteiger partial charge in [-0.1, -0.05) is 0 Å². The summed E-state index contributed by atoms with van der Waals surface area (Å²) >= 11 is 0. The molecular formula is C7H12N2O3. The minimum absolute atomic E-state index is 0.384. The molecule has 4 N–H and O–H groups in total. The van der Waals surface area contributed by atoms with Crippen LogP contribution in [0.1, 0.15) is 25.7 Å². The Morgan fingerprint density at radius 1 is 1.17 bits per heavy atom. The highest BCUT2D eigenvalue weighted by Crippen LogP contribution is 2.65. The van der Waals surface area contributed by atoms with Crippen molar-refractivity contribution in [1.82, 2.24) is 0 Å². The molecule has 0 atom stereocenters. The maximum absolute atomic E-state index is 11.3. The Morgan fingerprint density at radius 3 is 2.00 bits per heavy atom. The maximum Gasteiger partial charge on any atom is 0.333 e. The number of nitrogens with two attached hydrogens (primary N) is 2. The molecule has 0 amide bonds. The van der Waals surface area contributed by atoms with E-state index in [2.05, 4.69) is 4.84 Å². The molecule has 68 valence electrons. The lowest BCUT2D eigenvalue weighted by molar-refractivity contribution is -0.274. The van der Waals surface area contributed by atoms with E-state index in [1.807, 2.05) is 0 Å². The molecule has 12 heavy (non-hydrogen) atoms. The van der Waals surface area contributed by atoms with Crippen LogP contribution in [0, 0.1) is 5.41 Å². The fourth-order valence-corrected chi connectivity index (χ4v) is 2.39. The molecule has 2 aliphatic carbocycles. The van der Waals surface area contributed by atoms with Crippen LogP contribution in [-0.4, -0.2) is 11.6 Å². The molecule has 2 saturated carbocycles. The number of rotatable bonds is 2. The Kier molecular flexibility index (Phi) is 1.45. The van der Waals surface area contributed by atoms with Crippen LogP contribution in [0.15, 0.2) is 0 Å². The molecule has 0 radical (unpaired) electrons. The lowest BCUT2D eigenvalue weighted by atomic mass is 9.44. The first-order valence-corrected chi connectivity index (χ1v) is 4.00. The molecule has 0 aromatic heterocycles. The van der Waals surface area contributed by atoms with Gasteiger partial charge >= 0.3 is 5.97 Å². The molecule has 0 aromatic rings. The van der Waals surface area contributed by atoms with E-state index in [1.54, 1.807) is 0 Å². The molecular weight excluding hydrogens is 160 g/mol. The van der Waals surface area contributed by atoms with Gasteiger partial charge in [-0.05, 0) is 25.7 Å². The van der Waals surface area contributed by atoms with Crippen LogP contribution in [0.2, 0.25) is 0 Å². The number of carbonyl (C=O) groups is 1. The second-order valence-electron chi connectivity index (χ2n) is 3.60. The molecule has 0 aliphatic heterocycles. The van der Waals surface area contributed by atoms with Gasteiger partial charge in [-0.25, -0.2) is 10.7 Å². The summed E-state index contributed by atoms with van der Waals surface area (Å²) in [6, 6.07) is 0. The largest absolute Gasteiger partial charge is 0.373 e. The van der Waals surface area contributed by atoms with Crippen LogP contribution in [0.3, 0.4) is 0 Å². The van der Waals surface area contributed by atoms with E-state index in [9.17, 15) is 4.79 Å². The van der Waals surface area contributed by atoms with Crippen molar-refractivity contribution in [3.05, 3.63) is 0 Å². The third-order valence-corrected chi connectivity index (χ3v) is 3.51. The Labute approximate surface area is 69.9 Å². The summed E-state index contributed by atoms with van der Waals surface area (Å²) in [4.78, 5) is 20.3. The summed E-state index contributed by atoms with van der Waals surface area (Å²) in [5.74, 6) is 9.59. The summed E-state index contributed by atoms with van der Waals surface area (Å²) in [5, 5.41) is 0. The van der Waals surface area contributed by atoms with E-state index in [4.69, 9.17) is 16.6 Å². The monoisotopic (exact) mass is 172 g/mol. The molecule has 0 heterocycles. The highest BCUT2D eigenvalue weighted by molar-refractivity contribution is 5.81. The first kappa shape index (κ1) is 7.97. The van der Waals surface area contributed by atoms with Crippen molar-refractivity contribution in [1.29, 1.82) is 0 Å². The Morgan fingerprint density at radius 2 is 1.75 bits per heavy atom. The summed E-state index contributed by atoms with van der Waals surface area (Å²) in [6.45, 7) is 0. The minimum Gasteiger partial charge on any atom is -0.373 e. The van der Waals surface area contributed by atoms with Crippen molar-refractivity contribution in [2.45, 2.75) is 31.3 Å². The molecule has 5 nitrogen and oxygen atoms in total. The molecule has 5 heteroatoms. The first-order valence-electron chi connectivity index (χ1n) is 4.00. The van der Waals surface area contributed by atoms with E-state index in [0.717, 1.165) is 25.7 Å². The van der Waals surface area contributed by atoms with Crippen molar-refractivity contribution in [3.8, 4) is 0 Å². The summed E-state index contributed by atoms with van der Waals surface area (Å²) in [5.41, 5.74) is -0.972. The van der Waals surface area contributed by atoms with Gasteiger partial charge < -0.3 is 4.84 Å². The van der Waals surface area contributed by atoms with Gasteiger partial charge in [0.1, 0.15) is 11.0 Å². The standard InChI is InChI=1S/C7H12N2O3/c8-11-5(10)6-1-3-7(6,12-9)4-2-6/h1-4,8-9H2. The van der Waals surface area contributed by atoms with Gasteiger partial charge in [0.2, 0.25) is 0 Å². The normalized spacial score (nSPS) is 43.8. The zero-order chi connectivity index (χ0) is 8.82. The third kappa shape index (κ3) is 0.586. The van der Waals surface area contributed by atoms with E-state index < -0.39 is 11.0 Å². The highest BCUT2D eigenvalue weighted by atomic mass is 16.7. The maximum atomic E-state index is 11.3. The van der Waals surface area contributed by atoms with Crippen molar-refractivity contribution in [2.24, 2.45) is 17.2 Å². The summed E-state index contributed by atoms with van der Waals surface area (Å²) in [7, 11) is 0. The van der Waals surface area contributed by atoms with Crippen molar-refractivity contribution in [3.63, 3.8) is 0 Å². The van der Waals surface area contributed by atoms with Crippen molar-refractivity contribution >= 4 is 5.97 Å². The smallest absolute Gasteiger partial charge is 0.333 e. The van der Waals surface area contributed by atoms with Crippen LogP contribution >= 0.6 is 0 Å². The van der Waals surface area contributed by atoms with Crippen LogP contribution < -0.4 is 11.8 Å². The van der Waals surface area contributed by atoms with Crippen LogP contribution in [0.4, 0.5) is 0 Å². The van der Waals surface area contributed by atoms with E-state index in [1.165, 1.54) is 0 Å². The fraction of sp³-hybridized carbons (Fsp3) is 0.857. The average Bonchev–Trinajstić information content (AvgIpc) is 2.10. The number of fused-ring (bicyclic) bond motifs is 1. The Bertz CT molecular complexity index is 215. The fourth-order valence-electron chi connectivity index (χ4n) is 2.39. The number of carbonyl (C=O) groups excluding carboxylic acids is 1. The molecule has 0 bridgehead atoms. The van der Waals surface area contributed by atoms with Gasteiger partial charge in [-0.15, -0.1) is 0 Å². The molecule has 0 aromatic carbocycles. The molecule has 0 unspecified atom stereocenters. The Hall–Kier alpha value is -0.650. The lowest BCUT2D eigenvalue weighted by Crippen LogP contribution is -2.71. The number of hydrogen-bond donors (Lipinski definition) is 2. The molecule has 2 rings (SSSR count). The average molecular weight is 172 g/mol. The van der Waals surface area contributed by atoms with Crippen molar-refractivity contribution in [2.75, 3.05) is 0 Å². The van der Waals surface area contributed by atoms with Crippen LogP contribution in [0.5, 0.6) is 0 Å². The van der Waals surface area contributed by atoms with Gasteiger partial charge in [0.05, 0.1) is 0 Å². The SMILES string of the molecule is NOC(=O)C12CCC1(ON)CC2. The van der Waals surface area contributed by atoms with E-state index >= 15 is 0 Å². The van der Waals surface area contributed by atoms with Gasteiger partial charge in [0.15, 0.2) is 0 Å². The zero-order valence-corrected chi connectivity index (χ0v) is 6.71. The van der Waals surface area contributed by atoms with Gasteiger partial charge in [-0.2, -0.15) is 5.90 Å². The zero-order valence-electron chi connectivity index (χ0n) is 6.71. The van der Waals surface area contributed by atoms with Gasteiger partial charge in [-0.3, -0.25) is 4.84 Å². The van der Waals surface area contributed by atoms with Gasteiger partial charge in [0, 0.05) is 0 Å². The molecule has 2 aliphatic rings. The van der Waals surface area contributed by atoms with Crippen LogP contribution in [-0.2, 0) is 14.5 Å². The van der Waals surface area contributed by atoms with Gasteiger partial charge in [0.25, 0.3) is 0 Å². The topological polar surface area (TPSA) is 87.6 Å². The highest BCUT2D eigenvalue weighted by Gasteiger charge is 2.72. The minimum atomic E-state index is -0.517. The molecule has 0 spiro atoms. The summed E-state index contributed by atoms with van der Waals surface area (Å²) in [6.07, 6.45) is 3.22. The van der Waals surface area contributed by atoms with E-state index in [-0.39, 0.29) is 5.97 Å². The predicted molar refractivity (Wildman–Crippen MR) is 39.2 cm³/mol. The van der Waals surface area contributed by atoms with Crippen LogP contribution in [0.25, 0.3) is 0 Å². The lowest BCUT2D eigenvalue weighted by Gasteiger charge is -2.63. The predicted octanol–water partition coefficient (Wildman–Crippen LogP) is -0.394. The quantitative estimate of drug-likeness (QED) is 0.554. The number of hydrogen-bond acceptors (Lipinski definition) is 5. The van der Waals surface area contributed by atoms with Crippen molar-refractivity contribution < 1.29 is 14.5 Å². The molecule has 0 saturated heterocycles. The second kappa shape index (κ2) is 2.18. The summed E-state index contributed by atoms with van der Waals surface area (Å²) < 4.78 is 0. The second-order valence-corrected chi connectivity index (χ2v) is 3.60. The van der Waals surface area contributed by atoms with E-state index in [0.29, 0.717) is 0 Å². The third-order valence-electron chi connectivity index (χ3n) is 3.51. The Balaban J connectivity index is 2.18. The first-order chi connectivity index (χ1) is 5.71. The molecule has 2 fully saturated rings.